The Balaban J connectivity index is 3.65. The predicted molar refractivity (Wildman–Crippen MR) is 78.1 cm³/mol. The van der Waals surface area contributed by atoms with Crippen molar-refractivity contribution in [3.63, 3.8) is 0 Å². The van der Waals surface area contributed by atoms with Gasteiger partial charge in [0.15, 0.2) is 0 Å². The summed E-state index contributed by atoms with van der Waals surface area (Å²) in [7, 11) is -3.07. The highest BCUT2D eigenvalue weighted by Crippen LogP contribution is 2.18. The molecule has 0 rings (SSSR count). The Morgan fingerprint density at radius 3 is 2.18 bits per heavy atom. The van der Waals surface area contributed by atoms with E-state index in [0.717, 1.165) is 31.0 Å². The molecule has 0 heterocycles. The Labute approximate surface area is 115 Å². The lowest BCUT2D eigenvalue weighted by Crippen LogP contribution is -2.29. The van der Waals surface area contributed by atoms with Crippen molar-refractivity contribution in [3.8, 4) is 0 Å². The zero-order valence-corrected chi connectivity index (χ0v) is 13.7. The minimum atomic E-state index is -3.07. The second-order valence-corrected chi connectivity index (χ2v) is 8.35. The highest BCUT2D eigenvalue weighted by molar-refractivity contribution is 9.09. The van der Waals surface area contributed by atoms with Gasteiger partial charge in [0, 0.05) is 11.9 Å². The number of halogens is 1. The van der Waals surface area contributed by atoms with Gasteiger partial charge in [-0.3, -0.25) is 0 Å². The van der Waals surface area contributed by atoms with Crippen LogP contribution in [0.5, 0.6) is 0 Å². The molecule has 104 valence electrons. The number of sulfonamides is 1. The molecule has 0 atom stereocenters. The van der Waals surface area contributed by atoms with Gasteiger partial charge in [-0.05, 0) is 24.7 Å². The van der Waals surface area contributed by atoms with E-state index in [0.29, 0.717) is 13.0 Å². The Morgan fingerprint density at radius 1 is 1.06 bits per heavy atom. The molecule has 0 aromatic heterocycles. The van der Waals surface area contributed by atoms with Crippen LogP contribution < -0.4 is 4.72 Å². The van der Waals surface area contributed by atoms with Gasteiger partial charge >= 0.3 is 0 Å². The third-order valence-electron chi connectivity index (χ3n) is 2.50. The first kappa shape index (κ1) is 17.4. The van der Waals surface area contributed by atoms with Gasteiger partial charge in [-0.25, -0.2) is 13.1 Å². The summed E-state index contributed by atoms with van der Waals surface area (Å²) in [6.07, 6.45) is 5.05. The van der Waals surface area contributed by atoms with E-state index in [1.54, 1.807) is 0 Å². The van der Waals surface area contributed by atoms with Crippen LogP contribution in [0.25, 0.3) is 0 Å². The Kier molecular flexibility index (Phi) is 8.68. The van der Waals surface area contributed by atoms with E-state index in [1.807, 2.05) is 0 Å². The minimum absolute atomic E-state index is 0.0740. The van der Waals surface area contributed by atoms with Crippen molar-refractivity contribution >= 4 is 26.0 Å². The Morgan fingerprint density at radius 2 is 1.65 bits per heavy atom. The molecule has 0 aliphatic heterocycles. The molecular weight excluding hydrogens is 302 g/mol. The maximum Gasteiger partial charge on any atom is 0.211 e. The number of alkyl halides is 1. The lowest BCUT2D eigenvalue weighted by Gasteiger charge is -2.17. The summed E-state index contributed by atoms with van der Waals surface area (Å²) in [6, 6.07) is 0. The molecule has 0 spiro atoms. The largest absolute Gasteiger partial charge is 0.215 e. The summed E-state index contributed by atoms with van der Waals surface area (Å²) < 4.78 is 26.0. The van der Waals surface area contributed by atoms with Crippen molar-refractivity contribution in [2.75, 3.05) is 17.6 Å². The fourth-order valence-corrected chi connectivity index (χ4v) is 3.19. The zero-order valence-electron chi connectivity index (χ0n) is 11.3. The second kappa shape index (κ2) is 8.48. The van der Waals surface area contributed by atoms with Crippen molar-refractivity contribution in [3.05, 3.63) is 0 Å². The van der Waals surface area contributed by atoms with E-state index in [-0.39, 0.29) is 11.2 Å². The fourth-order valence-electron chi connectivity index (χ4n) is 1.31. The van der Waals surface area contributed by atoms with Gasteiger partial charge in [0.25, 0.3) is 0 Å². The van der Waals surface area contributed by atoms with Gasteiger partial charge in [0.05, 0.1) is 5.75 Å². The zero-order chi connectivity index (χ0) is 13.4. The molecule has 0 aliphatic carbocycles. The van der Waals surface area contributed by atoms with Crippen molar-refractivity contribution in [1.82, 2.24) is 4.72 Å². The van der Waals surface area contributed by atoms with Crippen LogP contribution >= 0.6 is 15.9 Å². The maximum atomic E-state index is 11.6. The molecule has 1 N–H and O–H groups in total. The van der Waals surface area contributed by atoms with Crippen LogP contribution in [-0.4, -0.2) is 26.0 Å². The van der Waals surface area contributed by atoms with Crippen LogP contribution in [0.2, 0.25) is 0 Å². The van der Waals surface area contributed by atoms with Gasteiger partial charge in [0.2, 0.25) is 10.0 Å². The normalized spacial score (nSPS) is 12.9. The van der Waals surface area contributed by atoms with E-state index < -0.39 is 10.0 Å². The maximum absolute atomic E-state index is 11.6. The van der Waals surface area contributed by atoms with Gasteiger partial charge < -0.3 is 0 Å². The van der Waals surface area contributed by atoms with E-state index >= 15 is 0 Å². The number of hydrogen-bond donors (Lipinski definition) is 1. The number of rotatable bonds is 9. The van der Waals surface area contributed by atoms with Crippen molar-refractivity contribution in [2.24, 2.45) is 5.41 Å². The van der Waals surface area contributed by atoms with Crippen LogP contribution in [0.3, 0.4) is 0 Å². The highest BCUT2D eigenvalue weighted by Gasteiger charge is 2.16. The van der Waals surface area contributed by atoms with E-state index in [2.05, 4.69) is 41.4 Å². The molecule has 3 nitrogen and oxygen atoms in total. The van der Waals surface area contributed by atoms with Crippen LogP contribution in [0.4, 0.5) is 0 Å². The third-order valence-corrected chi connectivity index (χ3v) is 4.45. The first-order chi connectivity index (χ1) is 7.77. The Bertz CT molecular complexity index is 283. The van der Waals surface area contributed by atoms with Crippen LogP contribution in [0.1, 0.15) is 52.9 Å². The van der Waals surface area contributed by atoms with Gasteiger partial charge in [-0.15, -0.1) is 0 Å². The van der Waals surface area contributed by atoms with Crippen LogP contribution in [-0.2, 0) is 10.0 Å². The van der Waals surface area contributed by atoms with E-state index in [9.17, 15) is 8.42 Å². The number of unbranched alkanes of at least 4 members (excludes halogenated alkanes) is 3. The molecule has 0 saturated heterocycles. The summed E-state index contributed by atoms with van der Waals surface area (Å²) in [5.74, 6) is 0.234. The number of nitrogens with one attached hydrogen (secondary N) is 1. The lowest BCUT2D eigenvalue weighted by atomic mass is 9.94. The molecule has 0 aromatic rings. The van der Waals surface area contributed by atoms with Gasteiger partial charge in [-0.1, -0.05) is 49.5 Å². The van der Waals surface area contributed by atoms with Crippen LogP contribution in [0, 0.1) is 5.41 Å². The first-order valence-corrected chi connectivity index (χ1v) is 9.07. The number of hydrogen-bond acceptors (Lipinski definition) is 2. The molecule has 0 aromatic carbocycles. The van der Waals surface area contributed by atoms with Crippen molar-refractivity contribution in [2.45, 2.75) is 52.9 Å². The molecule has 0 fully saturated rings. The molecule has 17 heavy (non-hydrogen) atoms. The van der Waals surface area contributed by atoms with Crippen LogP contribution in [0.15, 0.2) is 0 Å². The third kappa shape index (κ3) is 12.6. The highest BCUT2D eigenvalue weighted by atomic mass is 79.9. The molecule has 5 heteroatoms. The average Bonchev–Trinajstić information content (AvgIpc) is 2.20. The average molecular weight is 328 g/mol. The molecule has 0 amide bonds. The summed E-state index contributed by atoms with van der Waals surface area (Å²) in [6.45, 7) is 6.75. The summed E-state index contributed by atoms with van der Waals surface area (Å²) in [5, 5.41) is 1.03. The summed E-state index contributed by atoms with van der Waals surface area (Å²) in [5.41, 5.74) is 0.0740. The molecule has 0 aliphatic rings. The second-order valence-electron chi connectivity index (χ2n) is 5.63. The molecule has 0 radical (unpaired) electrons. The fraction of sp³-hybridized carbons (Fsp3) is 1.00. The predicted octanol–water partition coefficient (Wildman–Crippen LogP) is 3.30. The molecule has 0 unspecified atom stereocenters. The quantitative estimate of drug-likeness (QED) is 0.521. The Hall–Kier alpha value is 0.390. The van der Waals surface area contributed by atoms with E-state index in [4.69, 9.17) is 0 Å². The van der Waals surface area contributed by atoms with E-state index in [1.165, 1.54) is 0 Å². The first-order valence-electron chi connectivity index (χ1n) is 6.30. The minimum Gasteiger partial charge on any atom is -0.215 e. The van der Waals surface area contributed by atoms with Crippen molar-refractivity contribution < 1.29 is 8.42 Å². The standard InChI is InChI=1S/C12H26BrNO2S/c1-12(2,3)8-11-17(15,16)14-10-7-5-4-6-9-13/h14H,4-11H2,1-3H3. The molecular formula is C12H26BrNO2S. The topological polar surface area (TPSA) is 46.2 Å². The van der Waals surface area contributed by atoms with Gasteiger partial charge in [0.1, 0.15) is 0 Å². The smallest absolute Gasteiger partial charge is 0.211 e. The summed E-state index contributed by atoms with van der Waals surface area (Å²) >= 11 is 3.38. The SMILES string of the molecule is CC(C)(C)CCS(=O)(=O)NCCCCCCBr. The molecule has 0 bridgehead atoms. The summed E-state index contributed by atoms with van der Waals surface area (Å²) in [4.78, 5) is 0. The van der Waals surface area contributed by atoms with Crippen molar-refractivity contribution in [1.29, 1.82) is 0 Å². The lowest BCUT2D eigenvalue weighted by molar-refractivity contribution is 0.396. The monoisotopic (exact) mass is 327 g/mol. The van der Waals surface area contributed by atoms with Gasteiger partial charge in [-0.2, -0.15) is 0 Å². The molecule has 0 saturated carbocycles.